The lowest BCUT2D eigenvalue weighted by Gasteiger charge is -2.08. The van der Waals surface area contributed by atoms with Crippen LogP contribution in [0.15, 0.2) is 71.6 Å². The molecule has 0 bridgehead atoms. The zero-order valence-corrected chi connectivity index (χ0v) is 19.2. The summed E-state index contributed by atoms with van der Waals surface area (Å²) in [4.78, 5) is 30.1. The fourth-order valence-electron chi connectivity index (χ4n) is 2.96. The molecule has 0 spiro atoms. The van der Waals surface area contributed by atoms with Crippen LogP contribution in [0.3, 0.4) is 0 Å². The van der Waals surface area contributed by atoms with Crippen LogP contribution in [0.2, 0.25) is 0 Å². The number of carbonyl (C=O) groups excluding carboxylic acids is 2. The Morgan fingerprint density at radius 2 is 1.84 bits per heavy atom. The summed E-state index contributed by atoms with van der Waals surface area (Å²) in [5.41, 5.74) is 3.20. The number of nitrogens with zero attached hydrogens (tertiary/aromatic N) is 1. The minimum absolute atomic E-state index is 0.143. The number of hydrogen-bond donors (Lipinski definition) is 2. The molecule has 0 radical (unpaired) electrons. The Balaban J connectivity index is 1.34. The van der Waals surface area contributed by atoms with Gasteiger partial charge in [0.1, 0.15) is 5.75 Å². The summed E-state index contributed by atoms with van der Waals surface area (Å²) in [7, 11) is 1.62. The molecule has 32 heavy (non-hydrogen) atoms. The molecule has 0 aliphatic heterocycles. The summed E-state index contributed by atoms with van der Waals surface area (Å²) >= 11 is 2.80. The molecular formula is C24H21N3O3S2. The molecule has 4 rings (SSSR count). The van der Waals surface area contributed by atoms with E-state index in [2.05, 4.69) is 15.6 Å². The second-order valence-corrected chi connectivity index (χ2v) is 9.12. The molecule has 0 unspecified atom stereocenters. The average Bonchev–Trinajstić information content (AvgIpc) is 3.19. The molecular weight excluding hydrogens is 442 g/mol. The highest BCUT2D eigenvalue weighted by molar-refractivity contribution is 8.00. The Hall–Kier alpha value is -3.36. The van der Waals surface area contributed by atoms with E-state index >= 15 is 0 Å². The van der Waals surface area contributed by atoms with Crippen LogP contribution in [0.25, 0.3) is 10.2 Å². The van der Waals surface area contributed by atoms with Gasteiger partial charge in [-0.25, -0.2) is 4.98 Å². The van der Waals surface area contributed by atoms with Crippen molar-refractivity contribution in [2.45, 2.75) is 11.8 Å². The SMILES string of the molecule is COc1ccc2nc(NC(=O)CSc3cccc(NC(=O)c4ccc(C)cc4)c3)sc2c1. The molecule has 0 aliphatic carbocycles. The van der Waals surface area contributed by atoms with Crippen LogP contribution in [0.1, 0.15) is 15.9 Å². The first kappa shape index (κ1) is 21.9. The normalized spacial score (nSPS) is 10.7. The van der Waals surface area contributed by atoms with Crippen molar-refractivity contribution in [1.29, 1.82) is 0 Å². The average molecular weight is 464 g/mol. The minimum Gasteiger partial charge on any atom is -0.497 e. The summed E-state index contributed by atoms with van der Waals surface area (Å²) in [6.45, 7) is 1.98. The van der Waals surface area contributed by atoms with Crippen LogP contribution < -0.4 is 15.4 Å². The highest BCUT2D eigenvalue weighted by Crippen LogP contribution is 2.29. The fraction of sp³-hybridized carbons (Fsp3) is 0.125. The van der Waals surface area contributed by atoms with Crippen LogP contribution in [0.4, 0.5) is 10.8 Å². The monoisotopic (exact) mass is 463 g/mol. The van der Waals surface area contributed by atoms with Gasteiger partial charge in [-0.2, -0.15) is 0 Å². The summed E-state index contributed by atoms with van der Waals surface area (Å²) in [6.07, 6.45) is 0. The van der Waals surface area contributed by atoms with Crippen molar-refractivity contribution in [1.82, 2.24) is 4.98 Å². The minimum atomic E-state index is -0.169. The van der Waals surface area contributed by atoms with Crippen molar-refractivity contribution in [3.05, 3.63) is 77.9 Å². The van der Waals surface area contributed by atoms with Gasteiger partial charge >= 0.3 is 0 Å². The maximum Gasteiger partial charge on any atom is 0.255 e. The van der Waals surface area contributed by atoms with E-state index in [0.717, 1.165) is 26.4 Å². The zero-order chi connectivity index (χ0) is 22.5. The number of fused-ring (bicyclic) bond motifs is 1. The van der Waals surface area contributed by atoms with Gasteiger partial charge in [0, 0.05) is 16.1 Å². The lowest BCUT2D eigenvalue weighted by atomic mass is 10.1. The third-order valence-corrected chi connectivity index (χ3v) is 6.54. The largest absolute Gasteiger partial charge is 0.497 e. The highest BCUT2D eigenvalue weighted by atomic mass is 32.2. The first-order valence-corrected chi connectivity index (χ1v) is 11.7. The molecule has 4 aromatic rings. The number of methoxy groups -OCH3 is 1. The maximum atomic E-state index is 12.4. The van der Waals surface area contributed by atoms with E-state index in [9.17, 15) is 9.59 Å². The zero-order valence-electron chi connectivity index (χ0n) is 17.5. The third-order valence-electron chi connectivity index (χ3n) is 4.62. The van der Waals surface area contributed by atoms with Gasteiger partial charge in [0.15, 0.2) is 5.13 Å². The fourth-order valence-corrected chi connectivity index (χ4v) is 4.63. The van der Waals surface area contributed by atoms with Gasteiger partial charge in [-0.05, 0) is 55.5 Å². The van der Waals surface area contributed by atoms with Crippen LogP contribution in [-0.4, -0.2) is 29.7 Å². The van der Waals surface area contributed by atoms with Crippen molar-refractivity contribution >= 4 is 55.9 Å². The Labute approximate surface area is 194 Å². The van der Waals surface area contributed by atoms with Gasteiger partial charge < -0.3 is 15.4 Å². The molecule has 0 atom stereocenters. The van der Waals surface area contributed by atoms with E-state index in [1.807, 2.05) is 61.5 Å². The predicted molar refractivity (Wildman–Crippen MR) is 131 cm³/mol. The van der Waals surface area contributed by atoms with Crippen LogP contribution in [0, 0.1) is 6.92 Å². The van der Waals surface area contributed by atoms with E-state index in [-0.39, 0.29) is 17.6 Å². The second kappa shape index (κ2) is 9.84. The third kappa shape index (κ3) is 5.46. The van der Waals surface area contributed by atoms with Gasteiger partial charge in [-0.1, -0.05) is 35.1 Å². The Morgan fingerprint density at radius 1 is 1.03 bits per heavy atom. The Bertz CT molecular complexity index is 1270. The van der Waals surface area contributed by atoms with E-state index in [0.29, 0.717) is 16.4 Å². The lowest BCUT2D eigenvalue weighted by molar-refractivity contribution is -0.113. The van der Waals surface area contributed by atoms with Crippen LogP contribution in [0.5, 0.6) is 5.75 Å². The Morgan fingerprint density at radius 3 is 2.62 bits per heavy atom. The number of amides is 2. The molecule has 2 N–H and O–H groups in total. The first-order valence-electron chi connectivity index (χ1n) is 9.85. The van der Waals surface area contributed by atoms with Crippen molar-refractivity contribution in [3.8, 4) is 5.75 Å². The number of rotatable bonds is 7. The summed E-state index contributed by atoms with van der Waals surface area (Å²) in [5, 5.41) is 6.30. The Kier molecular flexibility index (Phi) is 6.72. The highest BCUT2D eigenvalue weighted by Gasteiger charge is 2.10. The summed E-state index contributed by atoms with van der Waals surface area (Å²) in [5.74, 6) is 0.672. The number of hydrogen-bond acceptors (Lipinski definition) is 6. The molecule has 2 amide bonds. The molecule has 1 heterocycles. The standard InChI is InChI=1S/C24H21N3O3S2/c1-15-6-8-16(9-7-15)23(29)25-17-4-3-5-19(12-17)31-14-22(28)27-24-26-20-11-10-18(30-2)13-21(20)32-24/h3-13H,14H2,1-2H3,(H,25,29)(H,26,27,28). The van der Waals surface area contributed by atoms with E-state index in [1.54, 1.807) is 19.2 Å². The predicted octanol–water partition coefficient (Wildman–Crippen LogP) is 5.60. The quantitative estimate of drug-likeness (QED) is 0.349. The van der Waals surface area contributed by atoms with E-state index in [1.165, 1.54) is 23.1 Å². The van der Waals surface area contributed by atoms with Crippen LogP contribution in [-0.2, 0) is 4.79 Å². The number of thioether (sulfide) groups is 1. The summed E-state index contributed by atoms with van der Waals surface area (Å²) < 4.78 is 6.17. The number of nitrogens with one attached hydrogen (secondary N) is 2. The molecule has 8 heteroatoms. The van der Waals surface area contributed by atoms with E-state index in [4.69, 9.17) is 4.74 Å². The number of anilines is 2. The molecule has 0 fully saturated rings. The topological polar surface area (TPSA) is 80.3 Å². The van der Waals surface area contributed by atoms with E-state index < -0.39 is 0 Å². The molecule has 0 saturated heterocycles. The van der Waals surface area contributed by atoms with Gasteiger partial charge in [0.25, 0.3) is 5.91 Å². The van der Waals surface area contributed by atoms with Gasteiger partial charge in [-0.15, -0.1) is 11.8 Å². The lowest BCUT2D eigenvalue weighted by Crippen LogP contribution is -2.14. The molecule has 162 valence electrons. The van der Waals surface area contributed by atoms with Crippen molar-refractivity contribution in [3.63, 3.8) is 0 Å². The molecule has 1 aromatic heterocycles. The molecule has 6 nitrogen and oxygen atoms in total. The number of thiazole rings is 1. The summed E-state index contributed by atoms with van der Waals surface area (Å²) in [6, 6.07) is 20.4. The molecule has 3 aromatic carbocycles. The number of aromatic nitrogens is 1. The number of aryl methyl sites for hydroxylation is 1. The number of benzene rings is 3. The van der Waals surface area contributed by atoms with Gasteiger partial charge in [0.05, 0.1) is 23.1 Å². The van der Waals surface area contributed by atoms with Crippen molar-refractivity contribution in [2.24, 2.45) is 0 Å². The van der Waals surface area contributed by atoms with Gasteiger partial charge in [-0.3, -0.25) is 9.59 Å². The van der Waals surface area contributed by atoms with Crippen LogP contribution >= 0.6 is 23.1 Å². The van der Waals surface area contributed by atoms with Crippen molar-refractivity contribution < 1.29 is 14.3 Å². The molecule has 0 saturated carbocycles. The number of ether oxygens (including phenoxy) is 1. The smallest absolute Gasteiger partial charge is 0.255 e. The maximum absolute atomic E-state index is 12.4. The van der Waals surface area contributed by atoms with Gasteiger partial charge in [0.2, 0.25) is 5.91 Å². The second-order valence-electron chi connectivity index (χ2n) is 7.04. The van der Waals surface area contributed by atoms with Crippen molar-refractivity contribution in [2.75, 3.05) is 23.5 Å². The number of carbonyl (C=O) groups is 2. The molecule has 0 aliphatic rings. The first-order chi connectivity index (χ1) is 15.5.